The van der Waals surface area contributed by atoms with Crippen molar-refractivity contribution in [2.45, 2.75) is 32.5 Å². The molecule has 0 aliphatic carbocycles. The minimum Gasteiger partial charge on any atom is -0.350 e. The van der Waals surface area contributed by atoms with Crippen LogP contribution < -0.4 is 4.90 Å². The topological polar surface area (TPSA) is 70.9 Å². The van der Waals surface area contributed by atoms with Crippen LogP contribution in [0.15, 0.2) is 116 Å². The van der Waals surface area contributed by atoms with Crippen molar-refractivity contribution >= 4 is 5.82 Å². The first-order valence-electron chi connectivity index (χ1n) is 13.3. The van der Waals surface area contributed by atoms with E-state index in [2.05, 4.69) is 60.1 Å². The first-order chi connectivity index (χ1) is 19.3. The van der Waals surface area contributed by atoms with Crippen molar-refractivity contribution in [2.75, 3.05) is 18.0 Å². The maximum Gasteiger partial charge on any atom is 0.128 e. The number of rotatable bonds is 13. The van der Waals surface area contributed by atoms with Gasteiger partial charge >= 0.3 is 0 Å². The Bertz CT molecular complexity index is 1320. The van der Waals surface area contributed by atoms with Gasteiger partial charge in [-0.2, -0.15) is 0 Å². The van der Waals surface area contributed by atoms with E-state index < -0.39 is 0 Å². The van der Waals surface area contributed by atoms with Gasteiger partial charge in [0.25, 0.3) is 0 Å². The highest BCUT2D eigenvalue weighted by atomic mass is 15.2. The largest absolute Gasteiger partial charge is 0.350 e. The second-order valence-electron chi connectivity index (χ2n) is 9.44. The van der Waals surface area contributed by atoms with Crippen LogP contribution >= 0.6 is 0 Å². The molecule has 0 saturated carbocycles. The van der Waals surface area contributed by atoms with E-state index in [9.17, 15) is 0 Å². The predicted octanol–water partition coefficient (Wildman–Crippen LogP) is 5.16. The molecule has 0 unspecified atom stereocenters. The molecule has 7 heteroatoms. The van der Waals surface area contributed by atoms with Crippen LogP contribution in [0.2, 0.25) is 0 Å². The fraction of sp³-hybridized carbons (Fsp3) is 0.219. The van der Waals surface area contributed by atoms with Crippen molar-refractivity contribution < 1.29 is 0 Å². The molecule has 5 heterocycles. The second kappa shape index (κ2) is 13.9. The highest BCUT2D eigenvalue weighted by molar-refractivity contribution is 5.38. The quantitative estimate of drug-likeness (QED) is 0.215. The van der Waals surface area contributed by atoms with Crippen molar-refractivity contribution in [2.24, 2.45) is 0 Å². The van der Waals surface area contributed by atoms with E-state index in [0.717, 1.165) is 67.6 Å². The van der Waals surface area contributed by atoms with Gasteiger partial charge in [-0.05, 0) is 66.6 Å². The van der Waals surface area contributed by atoms with Gasteiger partial charge in [-0.3, -0.25) is 24.8 Å². The smallest absolute Gasteiger partial charge is 0.128 e. The lowest BCUT2D eigenvalue weighted by Crippen LogP contribution is -2.27. The normalized spacial score (nSPS) is 11.0. The minimum atomic E-state index is 0.714. The van der Waals surface area contributed by atoms with Gasteiger partial charge in [0.1, 0.15) is 5.82 Å². The fourth-order valence-electron chi connectivity index (χ4n) is 4.45. The summed E-state index contributed by atoms with van der Waals surface area (Å²) in [5.41, 5.74) is 5.43. The molecule has 5 aromatic rings. The van der Waals surface area contributed by atoms with Gasteiger partial charge in [-0.15, -0.1) is 0 Å². The van der Waals surface area contributed by atoms with E-state index in [4.69, 9.17) is 4.98 Å². The van der Waals surface area contributed by atoms with Crippen LogP contribution in [0.1, 0.15) is 28.3 Å². The number of anilines is 1. The average Bonchev–Trinajstić information content (AvgIpc) is 3.00. The Labute approximate surface area is 230 Å². The molecule has 39 heavy (non-hydrogen) atoms. The molecule has 0 amide bonds. The Kier molecular flexibility index (Phi) is 9.30. The summed E-state index contributed by atoms with van der Waals surface area (Å²) < 4.78 is 0. The molecule has 196 valence electrons. The van der Waals surface area contributed by atoms with Crippen LogP contribution in [0.25, 0.3) is 0 Å². The summed E-state index contributed by atoms with van der Waals surface area (Å²) >= 11 is 0. The Morgan fingerprint density at radius 3 is 1.56 bits per heavy atom. The van der Waals surface area contributed by atoms with E-state index >= 15 is 0 Å². The highest BCUT2D eigenvalue weighted by Crippen LogP contribution is 2.15. The number of hydrogen-bond donors (Lipinski definition) is 0. The van der Waals surface area contributed by atoms with Crippen molar-refractivity contribution in [1.82, 2.24) is 29.8 Å². The third-order valence-electron chi connectivity index (χ3n) is 6.52. The van der Waals surface area contributed by atoms with Crippen LogP contribution in [-0.4, -0.2) is 42.9 Å². The van der Waals surface area contributed by atoms with Crippen molar-refractivity contribution in [3.05, 3.63) is 144 Å². The minimum absolute atomic E-state index is 0.714. The second-order valence-corrected chi connectivity index (χ2v) is 9.44. The van der Waals surface area contributed by atoms with Gasteiger partial charge in [0.15, 0.2) is 0 Å². The standard InChI is InChI=1S/C32H33N7/c1-5-17-33-29(9-1)24-38(25-30-10-2-6-18-34-30)21-16-28-14-13-27(23-37-28)15-22-39(32-12-4-8-20-36-32)26-31-11-3-7-19-35-31/h1-14,17-20,23H,15-16,21-22,24-26H2. The van der Waals surface area contributed by atoms with Crippen LogP contribution in [0.4, 0.5) is 5.82 Å². The zero-order valence-corrected chi connectivity index (χ0v) is 22.0. The Hall–Kier alpha value is -4.49. The average molecular weight is 516 g/mol. The van der Waals surface area contributed by atoms with Gasteiger partial charge in [0.2, 0.25) is 0 Å². The van der Waals surface area contributed by atoms with Crippen molar-refractivity contribution in [1.29, 1.82) is 0 Å². The lowest BCUT2D eigenvalue weighted by molar-refractivity contribution is 0.253. The molecule has 0 bridgehead atoms. The molecular weight excluding hydrogens is 482 g/mol. The zero-order chi connectivity index (χ0) is 26.5. The zero-order valence-electron chi connectivity index (χ0n) is 22.0. The van der Waals surface area contributed by atoms with E-state index in [1.54, 1.807) is 0 Å². The first kappa shape index (κ1) is 26.1. The molecule has 0 aliphatic heterocycles. The van der Waals surface area contributed by atoms with Gasteiger partial charge < -0.3 is 4.90 Å². The fourth-order valence-corrected chi connectivity index (χ4v) is 4.45. The van der Waals surface area contributed by atoms with E-state index in [-0.39, 0.29) is 0 Å². The molecular formula is C32H33N7. The number of aromatic nitrogens is 5. The summed E-state index contributed by atoms with van der Waals surface area (Å²) in [5.74, 6) is 0.952. The van der Waals surface area contributed by atoms with Gasteiger partial charge in [0.05, 0.1) is 23.6 Å². The predicted molar refractivity (Wildman–Crippen MR) is 154 cm³/mol. The van der Waals surface area contributed by atoms with E-state index in [1.165, 1.54) is 5.56 Å². The molecule has 0 radical (unpaired) electrons. The number of nitrogens with zero attached hydrogens (tertiary/aromatic N) is 7. The molecule has 0 aliphatic rings. The Balaban J connectivity index is 1.19. The van der Waals surface area contributed by atoms with Gasteiger partial charge in [-0.25, -0.2) is 4.98 Å². The van der Waals surface area contributed by atoms with Crippen molar-refractivity contribution in [3.63, 3.8) is 0 Å². The van der Waals surface area contributed by atoms with Crippen LogP contribution in [0.3, 0.4) is 0 Å². The van der Waals surface area contributed by atoms with Crippen molar-refractivity contribution in [3.8, 4) is 0 Å². The van der Waals surface area contributed by atoms with Gasteiger partial charge in [0, 0.05) is 69.3 Å². The molecule has 5 rings (SSSR count). The SMILES string of the molecule is c1ccc(CN(CCc2ccc(CCN(Cc3ccccn3)c3ccccn3)cn2)Cc2ccccn2)nc1. The molecule has 0 saturated heterocycles. The van der Waals surface area contributed by atoms with E-state index in [0.29, 0.717) is 6.54 Å². The molecule has 0 spiro atoms. The molecule has 0 aromatic carbocycles. The maximum atomic E-state index is 4.80. The third-order valence-corrected chi connectivity index (χ3v) is 6.52. The van der Waals surface area contributed by atoms with Gasteiger partial charge in [-0.1, -0.05) is 30.3 Å². The summed E-state index contributed by atoms with van der Waals surface area (Å²) in [4.78, 5) is 27.6. The molecule has 7 nitrogen and oxygen atoms in total. The van der Waals surface area contributed by atoms with Crippen LogP contribution in [0.5, 0.6) is 0 Å². The van der Waals surface area contributed by atoms with E-state index in [1.807, 2.05) is 85.6 Å². The lowest BCUT2D eigenvalue weighted by atomic mass is 10.1. The van der Waals surface area contributed by atoms with Crippen LogP contribution in [0, 0.1) is 0 Å². The Morgan fingerprint density at radius 1 is 0.462 bits per heavy atom. The highest BCUT2D eigenvalue weighted by Gasteiger charge is 2.12. The molecule has 5 aromatic heterocycles. The lowest BCUT2D eigenvalue weighted by Gasteiger charge is -2.23. The summed E-state index contributed by atoms with van der Waals surface area (Å²) in [6.45, 7) is 3.96. The monoisotopic (exact) mass is 515 g/mol. The summed E-state index contributed by atoms with van der Waals surface area (Å²) in [5, 5.41) is 0. The molecule has 0 atom stereocenters. The molecule has 0 N–H and O–H groups in total. The third kappa shape index (κ3) is 8.25. The number of hydrogen-bond acceptors (Lipinski definition) is 7. The maximum absolute atomic E-state index is 4.80. The Morgan fingerprint density at radius 2 is 1.05 bits per heavy atom. The summed E-state index contributed by atoms with van der Waals surface area (Å²) in [6, 6.07) is 28.5. The summed E-state index contributed by atoms with van der Waals surface area (Å²) in [6.07, 6.45) is 11.1. The first-order valence-corrected chi connectivity index (χ1v) is 13.3. The summed E-state index contributed by atoms with van der Waals surface area (Å²) in [7, 11) is 0. The van der Waals surface area contributed by atoms with Crippen LogP contribution in [-0.2, 0) is 32.5 Å². The molecule has 0 fully saturated rings. The number of pyridine rings is 5.